The number of benzene rings is 2. The van der Waals surface area contributed by atoms with Crippen molar-refractivity contribution in [2.24, 2.45) is 0 Å². The molecule has 1 aliphatic rings. The Morgan fingerprint density at radius 2 is 1.71 bits per heavy atom. The lowest BCUT2D eigenvalue weighted by Crippen LogP contribution is -2.51. The summed E-state index contributed by atoms with van der Waals surface area (Å²) in [5, 5.41) is 9.51. The molecule has 1 heterocycles. The van der Waals surface area contributed by atoms with Crippen LogP contribution in [0, 0.1) is 20.8 Å². The van der Waals surface area contributed by atoms with Crippen molar-refractivity contribution < 1.29 is 23.2 Å². The maximum absolute atomic E-state index is 13.6. The van der Waals surface area contributed by atoms with Crippen LogP contribution >= 0.6 is 0 Å². The van der Waals surface area contributed by atoms with Crippen LogP contribution in [0.4, 0.5) is 0 Å². The first-order valence-corrected chi connectivity index (χ1v) is 11.8. The fraction of sp³-hybridized carbons (Fsp3) is 0.435. The summed E-state index contributed by atoms with van der Waals surface area (Å²) in [4.78, 5) is 13.0. The molecule has 168 valence electrons. The highest BCUT2D eigenvalue weighted by molar-refractivity contribution is 7.89. The van der Waals surface area contributed by atoms with Crippen molar-refractivity contribution in [1.29, 1.82) is 0 Å². The number of aryl methyl sites for hydroxylation is 3. The average Bonchev–Trinajstić information content (AvgIpc) is 2.96. The number of carbonyl (C=O) groups excluding carboxylic acids is 1. The summed E-state index contributed by atoms with van der Waals surface area (Å²) in [6, 6.07) is 9.15. The van der Waals surface area contributed by atoms with Crippen molar-refractivity contribution >= 4 is 15.9 Å². The van der Waals surface area contributed by atoms with E-state index in [2.05, 4.69) is 0 Å². The molecular formula is C23H30N2O5S. The Balaban J connectivity index is 2.13. The first kappa shape index (κ1) is 23.2. The van der Waals surface area contributed by atoms with Crippen molar-refractivity contribution in [2.45, 2.75) is 56.9 Å². The van der Waals surface area contributed by atoms with E-state index in [-0.39, 0.29) is 17.4 Å². The van der Waals surface area contributed by atoms with Crippen LogP contribution in [-0.4, -0.2) is 43.5 Å². The zero-order valence-electron chi connectivity index (χ0n) is 18.4. The molecule has 1 fully saturated rings. The second-order valence-corrected chi connectivity index (χ2v) is 10.0. The number of ether oxygens (including phenoxy) is 1. The molecule has 2 aromatic rings. The molecule has 0 spiro atoms. The first-order chi connectivity index (χ1) is 14.7. The summed E-state index contributed by atoms with van der Waals surface area (Å²) >= 11 is 0. The van der Waals surface area contributed by atoms with Crippen LogP contribution in [0.1, 0.15) is 47.4 Å². The second-order valence-electron chi connectivity index (χ2n) is 8.13. The molecule has 0 radical (unpaired) electrons. The van der Waals surface area contributed by atoms with Crippen LogP contribution in [0.5, 0.6) is 5.75 Å². The Hall–Kier alpha value is -2.42. The van der Waals surface area contributed by atoms with E-state index < -0.39 is 22.0 Å². The number of hydrogen-bond donors (Lipinski definition) is 2. The van der Waals surface area contributed by atoms with Gasteiger partial charge in [0.05, 0.1) is 12.0 Å². The molecule has 1 saturated heterocycles. The van der Waals surface area contributed by atoms with Gasteiger partial charge in [0.15, 0.2) is 0 Å². The predicted molar refractivity (Wildman–Crippen MR) is 118 cm³/mol. The Kier molecular flexibility index (Phi) is 7.03. The predicted octanol–water partition coefficient (Wildman–Crippen LogP) is 3.45. The number of hydrogen-bond acceptors (Lipinski definition) is 5. The molecule has 31 heavy (non-hydrogen) atoms. The van der Waals surface area contributed by atoms with E-state index in [1.807, 2.05) is 32.9 Å². The van der Waals surface area contributed by atoms with Crippen molar-refractivity contribution in [3.05, 3.63) is 58.7 Å². The summed E-state index contributed by atoms with van der Waals surface area (Å²) in [5.41, 5.74) is 5.83. The number of methoxy groups -OCH3 is 1. The lowest BCUT2D eigenvalue weighted by molar-refractivity contribution is -0.133. The number of rotatable bonds is 5. The Bertz CT molecular complexity index is 1030. The van der Waals surface area contributed by atoms with Crippen LogP contribution < -0.4 is 10.2 Å². The maximum atomic E-state index is 13.6. The third-order valence-corrected chi connectivity index (χ3v) is 7.88. The minimum atomic E-state index is -3.98. The third kappa shape index (κ3) is 4.61. The molecule has 0 aliphatic carbocycles. The third-order valence-electron chi connectivity index (χ3n) is 5.99. The summed E-state index contributed by atoms with van der Waals surface area (Å²) in [5.74, 6) is -0.546. The molecular weight excluding hydrogens is 416 g/mol. The molecule has 2 aromatic carbocycles. The van der Waals surface area contributed by atoms with E-state index in [9.17, 15) is 18.4 Å². The number of hydroxylamine groups is 1. The van der Waals surface area contributed by atoms with Gasteiger partial charge in [-0.25, -0.2) is 13.9 Å². The quantitative estimate of drug-likeness (QED) is 0.542. The van der Waals surface area contributed by atoms with Crippen molar-refractivity contribution in [2.75, 3.05) is 13.7 Å². The summed E-state index contributed by atoms with van der Waals surface area (Å²) in [6.45, 7) is 6.18. The van der Waals surface area contributed by atoms with Crippen molar-refractivity contribution in [3.8, 4) is 5.75 Å². The Morgan fingerprint density at radius 3 is 2.26 bits per heavy atom. The lowest BCUT2D eigenvalue weighted by atomic mass is 9.82. The van der Waals surface area contributed by atoms with Crippen LogP contribution in [-0.2, 0) is 14.8 Å². The normalized spacial score (nSPS) is 20.2. The van der Waals surface area contributed by atoms with Crippen molar-refractivity contribution in [3.63, 3.8) is 0 Å². The van der Waals surface area contributed by atoms with Crippen LogP contribution in [0.15, 0.2) is 41.3 Å². The van der Waals surface area contributed by atoms with Crippen LogP contribution in [0.25, 0.3) is 0 Å². The smallest absolute Gasteiger partial charge is 0.262 e. The van der Waals surface area contributed by atoms with E-state index in [1.54, 1.807) is 17.6 Å². The minimum Gasteiger partial charge on any atom is -0.497 e. The second kappa shape index (κ2) is 9.38. The fourth-order valence-corrected chi connectivity index (χ4v) is 6.40. The summed E-state index contributed by atoms with van der Waals surface area (Å²) in [6.07, 6.45) is 2.06. The van der Waals surface area contributed by atoms with E-state index in [0.717, 1.165) is 28.7 Å². The van der Waals surface area contributed by atoms with Gasteiger partial charge in [-0.15, -0.1) is 0 Å². The molecule has 1 aliphatic heterocycles. The Morgan fingerprint density at radius 1 is 1.10 bits per heavy atom. The number of carbonyl (C=O) groups is 1. The SMILES string of the molecule is COc1ccc(S(=O)(=O)N2CCCCC(c3c(C)cc(C)cc3C)C2C(=O)NO)cc1. The van der Waals surface area contributed by atoms with Gasteiger partial charge in [0.2, 0.25) is 10.0 Å². The van der Waals surface area contributed by atoms with Gasteiger partial charge in [-0.3, -0.25) is 10.0 Å². The van der Waals surface area contributed by atoms with Gasteiger partial charge in [0, 0.05) is 12.5 Å². The summed E-state index contributed by atoms with van der Waals surface area (Å²) < 4.78 is 33.6. The number of nitrogens with zero attached hydrogens (tertiary/aromatic N) is 1. The molecule has 2 N–H and O–H groups in total. The molecule has 7 nitrogen and oxygen atoms in total. The molecule has 0 bridgehead atoms. The van der Waals surface area contributed by atoms with Gasteiger partial charge >= 0.3 is 0 Å². The highest BCUT2D eigenvalue weighted by Crippen LogP contribution is 2.38. The van der Waals surface area contributed by atoms with Gasteiger partial charge in [-0.05, 0) is 74.6 Å². The topological polar surface area (TPSA) is 95.9 Å². The molecule has 8 heteroatoms. The highest BCUT2D eigenvalue weighted by atomic mass is 32.2. The zero-order valence-corrected chi connectivity index (χ0v) is 19.2. The van der Waals surface area contributed by atoms with Crippen LogP contribution in [0.2, 0.25) is 0 Å². The molecule has 0 aromatic heterocycles. The molecule has 2 atom stereocenters. The van der Waals surface area contributed by atoms with Gasteiger partial charge in [0.1, 0.15) is 11.8 Å². The lowest BCUT2D eigenvalue weighted by Gasteiger charge is -2.34. The van der Waals surface area contributed by atoms with Crippen LogP contribution in [0.3, 0.4) is 0 Å². The first-order valence-electron chi connectivity index (χ1n) is 10.4. The van der Waals surface area contributed by atoms with E-state index in [4.69, 9.17) is 4.74 Å². The fourth-order valence-electron chi connectivity index (χ4n) is 4.74. The molecule has 1 amide bonds. The molecule has 3 rings (SSSR count). The average molecular weight is 447 g/mol. The zero-order chi connectivity index (χ0) is 22.8. The van der Waals surface area contributed by atoms with Crippen molar-refractivity contribution in [1.82, 2.24) is 9.79 Å². The number of nitrogens with one attached hydrogen (secondary N) is 1. The van der Waals surface area contributed by atoms with Gasteiger partial charge in [0.25, 0.3) is 5.91 Å². The Labute approximate surface area is 184 Å². The monoisotopic (exact) mass is 446 g/mol. The standard InChI is InChI=1S/C23H30N2O5S/c1-15-13-16(2)21(17(3)14-15)20-7-5-6-12-25(22(20)23(26)24-27)31(28,29)19-10-8-18(30-4)9-11-19/h8-11,13-14,20,22,27H,5-7,12H2,1-4H3,(H,24,26). The largest absolute Gasteiger partial charge is 0.497 e. The minimum absolute atomic E-state index is 0.0852. The van der Waals surface area contributed by atoms with E-state index in [1.165, 1.54) is 23.5 Å². The highest BCUT2D eigenvalue weighted by Gasteiger charge is 2.43. The number of amides is 1. The molecule has 0 saturated carbocycles. The van der Waals surface area contributed by atoms with E-state index in [0.29, 0.717) is 18.6 Å². The number of sulfonamides is 1. The van der Waals surface area contributed by atoms with Gasteiger partial charge < -0.3 is 4.74 Å². The molecule has 2 unspecified atom stereocenters. The summed E-state index contributed by atoms with van der Waals surface area (Å²) in [7, 11) is -2.47. The van der Waals surface area contributed by atoms with Gasteiger partial charge in [-0.1, -0.05) is 24.1 Å². The van der Waals surface area contributed by atoms with Gasteiger partial charge in [-0.2, -0.15) is 4.31 Å². The maximum Gasteiger partial charge on any atom is 0.262 e. The van der Waals surface area contributed by atoms with E-state index >= 15 is 0 Å².